The summed E-state index contributed by atoms with van der Waals surface area (Å²) in [5, 5.41) is 0. The number of aryl methyl sites for hydroxylation is 2. The predicted octanol–water partition coefficient (Wildman–Crippen LogP) is 1.90. The van der Waals surface area contributed by atoms with Gasteiger partial charge in [0, 0.05) is 13.1 Å². The number of amides is 1. The zero-order valence-corrected chi connectivity index (χ0v) is 19.6. The lowest BCUT2D eigenvalue weighted by molar-refractivity contribution is -0.149. The Bertz CT molecular complexity index is 1110. The lowest BCUT2D eigenvalue weighted by Crippen LogP contribution is -2.43. The number of benzene rings is 1. The maximum Gasteiger partial charge on any atom is 0.344 e. The van der Waals surface area contributed by atoms with Crippen LogP contribution in [0.2, 0.25) is 0 Å². The first-order valence-electron chi connectivity index (χ1n) is 11.0. The summed E-state index contributed by atoms with van der Waals surface area (Å²) in [4.78, 5) is 53.0. The molecule has 1 amide bonds. The number of nitrogens with zero attached hydrogens (tertiary/aromatic N) is 2. The summed E-state index contributed by atoms with van der Waals surface area (Å²) in [6.45, 7) is 7.06. The van der Waals surface area contributed by atoms with Crippen molar-refractivity contribution in [3.63, 3.8) is 0 Å². The second kappa shape index (κ2) is 11.9. The summed E-state index contributed by atoms with van der Waals surface area (Å²) < 4.78 is 11.8. The highest BCUT2D eigenvalue weighted by atomic mass is 16.6. The molecule has 10 nitrogen and oxygen atoms in total. The second-order valence-electron chi connectivity index (χ2n) is 7.76. The number of H-pyrrole nitrogens is 1. The molecule has 0 aliphatic heterocycles. The van der Waals surface area contributed by atoms with Crippen LogP contribution in [0.5, 0.6) is 5.75 Å². The Morgan fingerprint density at radius 3 is 2.52 bits per heavy atom. The number of ether oxygens (including phenoxy) is 2. The number of nitrogen functional groups attached to an aromatic ring is 1. The summed E-state index contributed by atoms with van der Waals surface area (Å²) in [6, 6.07) is 5.62. The molecule has 0 bridgehead atoms. The van der Waals surface area contributed by atoms with Gasteiger partial charge in [-0.25, -0.2) is 9.59 Å². The molecule has 1 aromatic carbocycles. The van der Waals surface area contributed by atoms with Crippen molar-refractivity contribution in [1.82, 2.24) is 9.55 Å². The van der Waals surface area contributed by atoms with Crippen LogP contribution in [-0.2, 0) is 20.9 Å². The zero-order valence-electron chi connectivity index (χ0n) is 19.6. The molecule has 180 valence electrons. The Kier molecular flexibility index (Phi) is 9.26. The standard InChI is InChI=1S/C23H32N4O6/c1-5-7-11-26(20-21(24)27(10-6-2)23(31)25-22(20)30)18(28)13-33-19(29)14-32-17-12-15(3)8-9-16(17)4/h8-9,12H,5-7,10-11,13-14,24H2,1-4H3,(H,25,30,31). The number of nitrogens with one attached hydrogen (secondary N) is 1. The lowest BCUT2D eigenvalue weighted by Gasteiger charge is -2.24. The van der Waals surface area contributed by atoms with E-state index in [-0.39, 0.29) is 31.2 Å². The zero-order chi connectivity index (χ0) is 24.5. The molecule has 0 spiro atoms. The third-order valence-electron chi connectivity index (χ3n) is 5.01. The van der Waals surface area contributed by atoms with E-state index in [0.29, 0.717) is 18.6 Å². The molecule has 1 aromatic heterocycles. The van der Waals surface area contributed by atoms with Gasteiger partial charge in [-0.2, -0.15) is 0 Å². The smallest absolute Gasteiger partial charge is 0.344 e. The maximum atomic E-state index is 12.9. The number of rotatable bonds is 11. The number of esters is 1. The number of nitrogens with two attached hydrogens (primary N) is 1. The van der Waals surface area contributed by atoms with Crippen LogP contribution in [-0.4, -0.2) is 41.2 Å². The van der Waals surface area contributed by atoms with Crippen molar-refractivity contribution < 1.29 is 19.1 Å². The van der Waals surface area contributed by atoms with E-state index in [9.17, 15) is 19.2 Å². The average Bonchev–Trinajstić information content (AvgIpc) is 2.77. The minimum absolute atomic E-state index is 0.0976. The van der Waals surface area contributed by atoms with E-state index in [1.807, 2.05) is 39.8 Å². The van der Waals surface area contributed by atoms with Gasteiger partial charge in [0.2, 0.25) is 0 Å². The van der Waals surface area contributed by atoms with Crippen molar-refractivity contribution in [2.24, 2.45) is 0 Å². The van der Waals surface area contributed by atoms with Gasteiger partial charge in [-0.1, -0.05) is 32.4 Å². The van der Waals surface area contributed by atoms with E-state index < -0.39 is 29.7 Å². The maximum absolute atomic E-state index is 12.9. The molecule has 2 rings (SSSR count). The largest absolute Gasteiger partial charge is 0.482 e. The Morgan fingerprint density at radius 2 is 1.85 bits per heavy atom. The van der Waals surface area contributed by atoms with Gasteiger partial charge in [-0.15, -0.1) is 0 Å². The van der Waals surface area contributed by atoms with Crippen LogP contribution in [0.25, 0.3) is 0 Å². The summed E-state index contributed by atoms with van der Waals surface area (Å²) in [7, 11) is 0. The first-order chi connectivity index (χ1) is 15.7. The van der Waals surface area contributed by atoms with Crippen LogP contribution >= 0.6 is 0 Å². The van der Waals surface area contributed by atoms with E-state index in [1.54, 1.807) is 6.07 Å². The van der Waals surface area contributed by atoms with Gasteiger partial charge in [-0.3, -0.25) is 19.1 Å². The van der Waals surface area contributed by atoms with E-state index in [1.165, 1.54) is 9.47 Å². The number of aromatic nitrogens is 2. The van der Waals surface area contributed by atoms with Gasteiger partial charge in [0.1, 0.15) is 11.6 Å². The van der Waals surface area contributed by atoms with Crippen molar-refractivity contribution in [3.8, 4) is 5.75 Å². The molecule has 2 aromatic rings. The molecule has 0 unspecified atom stereocenters. The highest BCUT2D eigenvalue weighted by molar-refractivity contribution is 5.97. The molecule has 0 fully saturated rings. The van der Waals surface area contributed by atoms with Crippen molar-refractivity contribution >= 4 is 23.4 Å². The molecule has 33 heavy (non-hydrogen) atoms. The molecule has 0 atom stereocenters. The third kappa shape index (κ3) is 6.71. The van der Waals surface area contributed by atoms with E-state index >= 15 is 0 Å². The topological polar surface area (TPSA) is 137 Å². The summed E-state index contributed by atoms with van der Waals surface area (Å²) in [5.41, 5.74) is 6.43. The highest BCUT2D eigenvalue weighted by Crippen LogP contribution is 2.20. The van der Waals surface area contributed by atoms with Crippen LogP contribution in [0.15, 0.2) is 27.8 Å². The van der Waals surface area contributed by atoms with E-state index in [4.69, 9.17) is 15.2 Å². The van der Waals surface area contributed by atoms with Crippen LogP contribution < -0.4 is 26.6 Å². The molecule has 10 heteroatoms. The van der Waals surface area contributed by atoms with Crippen LogP contribution in [0.4, 0.5) is 11.5 Å². The van der Waals surface area contributed by atoms with Gasteiger partial charge >= 0.3 is 11.7 Å². The Hall–Kier alpha value is -3.56. The van der Waals surface area contributed by atoms with Gasteiger partial charge in [0.25, 0.3) is 11.5 Å². The van der Waals surface area contributed by atoms with Crippen molar-refractivity contribution in [1.29, 1.82) is 0 Å². The van der Waals surface area contributed by atoms with Crippen LogP contribution in [0.1, 0.15) is 44.2 Å². The first kappa shape index (κ1) is 25.7. The van der Waals surface area contributed by atoms with Gasteiger partial charge in [-0.05, 0) is 43.9 Å². The molecule has 0 saturated heterocycles. The van der Waals surface area contributed by atoms with Crippen molar-refractivity contribution in [2.75, 3.05) is 30.4 Å². The normalized spacial score (nSPS) is 10.7. The average molecular weight is 461 g/mol. The second-order valence-corrected chi connectivity index (χ2v) is 7.76. The summed E-state index contributed by atoms with van der Waals surface area (Å²) in [6.07, 6.45) is 1.94. The van der Waals surface area contributed by atoms with E-state index in [2.05, 4.69) is 4.98 Å². The lowest BCUT2D eigenvalue weighted by atomic mass is 10.1. The molecule has 0 saturated carbocycles. The molecule has 0 radical (unpaired) electrons. The minimum Gasteiger partial charge on any atom is -0.482 e. The minimum atomic E-state index is -0.765. The molecular weight excluding hydrogens is 428 g/mol. The van der Waals surface area contributed by atoms with Gasteiger partial charge in [0.15, 0.2) is 18.9 Å². The number of hydrogen-bond donors (Lipinski definition) is 2. The van der Waals surface area contributed by atoms with E-state index in [0.717, 1.165) is 17.5 Å². The Labute approximate surface area is 192 Å². The number of anilines is 2. The molecule has 1 heterocycles. The monoisotopic (exact) mass is 460 g/mol. The van der Waals surface area contributed by atoms with Crippen LogP contribution in [0, 0.1) is 13.8 Å². The number of aromatic amines is 1. The summed E-state index contributed by atoms with van der Waals surface area (Å²) in [5.74, 6) is -0.889. The number of hydrogen-bond acceptors (Lipinski definition) is 7. The van der Waals surface area contributed by atoms with Crippen molar-refractivity contribution in [3.05, 3.63) is 50.2 Å². The number of unbranched alkanes of at least 4 members (excludes halogenated alkanes) is 1. The fraction of sp³-hybridized carbons (Fsp3) is 0.478. The Morgan fingerprint density at radius 1 is 1.12 bits per heavy atom. The SMILES string of the molecule is CCCCN(C(=O)COC(=O)COc1cc(C)ccc1C)c1c(N)n(CCC)c(=O)[nH]c1=O. The number of carbonyl (C=O) groups is 2. The molecule has 0 aliphatic carbocycles. The Balaban J connectivity index is 2.14. The fourth-order valence-electron chi connectivity index (χ4n) is 3.22. The van der Waals surface area contributed by atoms with Crippen LogP contribution in [0.3, 0.4) is 0 Å². The quantitative estimate of drug-likeness (QED) is 0.489. The van der Waals surface area contributed by atoms with Gasteiger partial charge in [0.05, 0.1) is 0 Å². The number of carbonyl (C=O) groups excluding carboxylic acids is 2. The highest BCUT2D eigenvalue weighted by Gasteiger charge is 2.24. The molecule has 3 N–H and O–H groups in total. The first-order valence-corrected chi connectivity index (χ1v) is 11.0. The molecular formula is C23H32N4O6. The van der Waals surface area contributed by atoms with Gasteiger partial charge < -0.3 is 20.1 Å². The summed E-state index contributed by atoms with van der Waals surface area (Å²) >= 11 is 0. The van der Waals surface area contributed by atoms with Crippen molar-refractivity contribution in [2.45, 2.75) is 53.5 Å². The third-order valence-corrected chi connectivity index (χ3v) is 5.01. The predicted molar refractivity (Wildman–Crippen MR) is 126 cm³/mol. The molecule has 0 aliphatic rings. The fourth-order valence-corrected chi connectivity index (χ4v) is 3.22.